The Morgan fingerprint density at radius 3 is 2.62 bits per heavy atom. The third-order valence-corrected chi connectivity index (χ3v) is 5.03. The van der Waals surface area contributed by atoms with Gasteiger partial charge < -0.3 is 10.5 Å². The molecule has 2 unspecified atom stereocenters. The molecule has 0 radical (unpaired) electrons. The molecule has 2 rings (SSSR count). The van der Waals surface area contributed by atoms with Crippen molar-refractivity contribution in [2.45, 2.75) is 71.1 Å². The first-order valence-corrected chi connectivity index (χ1v) is 8.95. The molecule has 21 heavy (non-hydrogen) atoms. The van der Waals surface area contributed by atoms with Gasteiger partial charge in [0.25, 0.3) is 0 Å². The van der Waals surface area contributed by atoms with E-state index in [0.717, 1.165) is 10.2 Å². The number of rotatable bonds is 6. The number of ether oxygens (including phenoxy) is 1. The van der Waals surface area contributed by atoms with Crippen molar-refractivity contribution in [1.29, 1.82) is 0 Å². The first-order chi connectivity index (χ1) is 10.1. The molecule has 2 atom stereocenters. The van der Waals surface area contributed by atoms with Gasteiger partial charge in [-0.05, 0) is 55.5 Å². The van der Waals surface area contributed by atoms with Crippen molar-refractivity contribution in [1.82, 2.24) is 9.78 Å². The van der Waals surface area contributed by atoms with Crippen LogP contribution in [0, 0.1) is 5.92 Å². The summed E-state index contributed by atoms with van der Waals surface area (Å²) in [4.78, 5) is 0. The monoisotopic (exact) mass is 357 g/mol. The van der Waals surface area contributed by atoms with Crippen LogP contribution in [0.15, 0.2) is 10.7 Å². The Kier molecular flexibility index (Phi) is 6.26. The Hall–Kier alpha value is -0.390. The predicted octanol–water partition coefficient (Wildman–Crippen LogP) is 4.21. The van der Waals surface area contributed by atoms with E-state index in [0.29, 0.717) is 18.6 Å². The van der Waals surface area contributed by atoms with E-state index in [2.05, 4.69) is 41.8 Å². The molecule has 1 aromatic heterocycles. The van der Waals surface area contributed by atoms with Gasteiger partial charge in [0.1, 0.15) is 0 Å². The van der Waals surface area contributed by atoms with Gasteiger partial charge in [0, 0.05) is 12.6 Å². The van der Waals surface area contributed by atoms with Gasteiger partial charge in [-0.15, -0.1) is 0 Å². The van der Waals surface area contributed by atoms with Gasteiger partial charge in [-0.1, -0.05) is 19.3 Å². The Morgan fingerprint density at radius 2 is 2.05 bits per heavy atom. The molecule has 1 aliphatic carbocycles. The molecule has 5 heteroatoms. The molecule has 120 valence electrons. The smallest absolute Gasteiger partial charge is 0.0811 e. The number of aromatic nitrogens is 2. The van der Waals surface area contributed by atoms with Crippen LogP contribution >= 0.6 is 15.9 Å². The first-order valence-electron chi connectivity index (χ1n) is 8.16. The molecule has 0 saturated heterocycles. The lowest BCUT2D eigenvalue weighted by atomic mass is 9.82. The van der Waals surface area contributed by atoms with Crippen LogP contribution in [0.1, 0.15) is 70.7 Å². The van der Waals surface area contributed by atoms with Crippen molar-refractivity contribution in [2.75, 3.05) is 6.61 Å². The summed E-state index contributed by atoms with van der Waals surface area (Å²) in [7, 11) is 0. The Balaban J connectivity index is 2.25. The summed E-state index contributed by atoms with van der Waals surface area (Å²) in [6.07, 6.45) is 8.33. The highest BCUT2D eigenvalue weighted by Gasteiger charge is 2.33. The van der Waals surface area contributed by atoms with E-state index in [4.69, 9.17) is 10.5 Å². The van der Waals surface area contributed by atoms with Crippen molar-refractivity contribution in [3.05, 3.63) is 16.4 Å². The van der Waals surface area contributed by atoms with E-state index in [-0.39, 0.29) is 12.1 Å². The SMILES string of the molecule is CCOC(C1CCCCC1)C(N)c1c(Br)cnn1C(C)C. The molecule has 0 amide bonds. The minimum atomic E-state index is -0.132. The molecule has 1 heterocycles. The number of nitrogens with zero attached hydrogens (tertiary/aromatic N) is 2. The van der Waals surface area contributed by atoms with Crippen molar-refractivity contribution < 1.29 is 4.74 Å². The minimum Gasteiger partial charge on any atom is -0.376 e. The lowest BCUT2D eigenvalue weighted by Crippen LogP contribution is -2.38. The Labute approximate surface area is 136 Å². The molecular weight excluding hydrogens is 330 g/mol. The highest BCUT2D eigenvalue weighted by molar-refractivity contribution is 9.10. The zero-order valence-corrected chi connectivity index (χ0v) is 15.0. The second kappa shape index (κ2) is 7.75. The Morgan fingerprint density at radius 1 is 1.38 bits per heavy atom. The number of nitrogens with two attached hydrogens (primary N) is 1. The molecule has 0 aromatic carbocycles. The van der Waals surface area contributed by atoms with Crippen LogP contribution in [0.25, 0.3) is 0 Å². The van der Waals surface area contributed by atoms with Crippen LogP contribution in [0.3, 0.4) is 0 Å². The van der Waals surface area contributed by atoms with E-state index in [9.17, 15) is 0 Å². The van der Waals surface area contributed by atoms with Crippen LogP contribution in [0.4, 0.5) is 0 Å². The zero-order chi connectivity index (χ0) is 15.4. The summed E-state index contributed by atoms with van der Waals surface area (Å²) in [5, 5.41) is 4.46. The largest absolute Gasteiger partial charge is 0.376 e. The van der Waals surface area contributed by atoms with Gasteiger partial charge in [0.15, 0.2) is 0 Å². The molecule has 0 aliphatic heterocycles. The van der Waals surface area contributed by atoms with Gasteiger partial charge in [-0.2, -0.15) is 5.10 Å². The standard InChI is InChI=1S/C16H28BrN3O/c1-4-21-16(12-8-6-5-7-9-12)14(18)15-13(17)10-19-20(15)11(2)3/h10-12,14,16H,4-9,18H2,1-3H3. The number of hydrogen-bond donors (Lipinski definition) is 1. The van der Waals surface area contributed by atoms with Crippen LogP contribution in [0.2, 0.25) is 0 Å². The highest BCUT2D eigenvalue weighted by Crippen LogP contribution is 2.36. The van der Waals surface area contributed by atoms with Crippen LogP contribution in [0.5, 0.6) is 0 Å². The molecule has 1 fully saturated rings. The van der Waals surface area contributed by atoms with Crippen LogP contribution in [-0.2, 0) is 4.74 Å². The van der Waals surface area contributed by atoms with E-state index in [1.165, 1.54) is 32.1 Å². The molecule has 0 bridgehead atoms. The summed E-state index contributed by atoms with van der Waals surface area (Å²) in [6, 6.07) is 0.165. The third-order valence-electron chi connectivity index (χ3n) is 4.42. The van der Waals surface area contributed by atoms with Gasteiger partial charge in [-0.3, -0.25) is 4.68 Å². The van der Waals surface area contributed by atoms with E-state index in [1.54, 1.807) is 0 Å². The molecule has 4 nitrogen and oxygen atoms in total. The summed E-state index contributed by atoms with van der Waals surface area (Å²) in [6.45, 7) is 7.03. The van der Waals surface area contributed by atoms with E-state index < -0.39 is 0 Å². The van der Waals surface area contributed by atoms with Gasteiger partial charge in [0.2, 0.25) is 0 Å². The first kappa shape index (κ1) is 17.0. The zero-order valence-electron chi connectivity index (χ0n) is 13.4. The van der Waals surface area contributed by atoms with Crippen LogP contribution < -0.4 is 5.73 Å². The Bertz CT molecular complexity index is 441. The molecule has 1 saturated carbocycles. The fourth-order valence-corrected chi connectivity index (χ4v) is 3.96. The minimum absolute atomic E-state index is 0.0841. The van der Waals surface area contributed by atoms with Crippen molar-refractivity contribution >= 4 is 15.9 Å². The average Bonchev–Trinajstić information content (AvgIpc) is 2.87. The van der Waals surface area contributed by atoms with Crippen molar-refractivity contribution in [3.8, 4) is 0 Å². The lowest BCUT2D eigenvalue weighted by molar-refractivity contribution is -0.0118. The van der Waals surface area contributed by atoms with Gasteiger partial charge in [0.05, 0.1) is 28.5 Å². The molecule has 0 spiro atoms. The molecule has 2 N–H and O–H groups in total. The third kappa shape index (κ3) is 3.88. The molecular formula is C16H28BrN3O. The maximum absolute atomic E-state index is 6.62. The van der Waals surface area contributed by atoms with E-state index in [1.807, 2.05) is 10.9 Å². The topological polar surface area (TPSA) is 53.1 Å². The summed E-state index contributed by atoms with van der Waals surface area (Å²) in [5.41, 5.74) is 7.69. The van der Waals surface area contributed by atoms with Crippen molar-refractivity contribution in [3.63, 3.8) is 0 Å². The fourth-order valence-electron chi connectivity index (χ4n) is 3.42. The van der Waals surface area contributed by atoms with Gasteiger partial charge in [-0.25, -0.2) is 0 Å². The van der Waals surface area contributed by atoms with E-state index >= 15 is 0 Å². The predicted molar refractivity (Wildman–Crippen MR) is 89.2 cm³/mol. The average molecular weight is 358 g/mol. The maximum Gasteiger partial charge on any atom is 0.0811 e. The normalized spacial score (nSPS) is 19.9. The van der Waals surface area contributed by atoms with Gasteiger partial charge >= 0.3 is 0 Å². The number of hydrogen-bond acceptors (Lipinski definition) is 3. The molecule has 1 aromatic rings. The van der Waals surface area contributed by atoms with Crippen LogP contribution in [-0.4, -0.2) is 22.5 Å². The van der Waals surface area contributed by atoms with Crippen molar-refractivity contribution in [2.24, 2.45) is 11.7 Å². The summed E-state index contributed by atoms with van der Waals surface area (Å²) >= 11 is 3.61. The maximum atomic E-state index is 6.62. The highest BCUT2D eigenvalue weighted by atomic mass is 79.9. The molecule has 1 aliphatic rings. The summed E-state index contributed by atoms with van der Waals surface area (Å²) < 4.78 is 9.08. The number of halogens is 1. The quantitative estimate of drug-likeness (QED) is 0.829. The fraction of sp³-hybridized carbons (Fsp3) is 0.812. The summed E-state index contributed by atoms with van der Waals surface area (Å²) in [5.74, 6) is 0.566. The second-order valence-electron chi connectivity index (χ2n) is 6.26. The second-order valence-corrected chi connectivity index (χ2v) is 7.11. The lowest BCUT2D eigenvalue weighted by Gasteiger charge is -2.34.